The van der Waals surface area contributed by atoms with Crippen LogP contribution < -0.4 is 5.32 Å². The molecule has 1 N–H and O–H groups in total. The van der Waals surface area contributed by atoms with E-state index in [0.717, 1.165) is 29.7 Å². The van der Waals surface area contributed by atoms with Gasteiger partial charge in [0.2, 0.25) is 5.91 Å². The lowest BCUT2D eigenvalue weighted by Gasteiger charge is -2.15. The van der Waals surface area contributed by atoms with Crippen LogP contribution in [0.1, 0.15) is 43.8 Å². The van der Waals surface area contributed by atoms with Gasteiger partial charge in [0.15, 0.2) is 5.16 Å². The first-order valence-electron chi connectivity index (χ1n) is 9.36. The summed E-state index contributed by atoms with van der Waals surface area (Å²) in [6, 6.07) is 6.84. The van der Waals surface area contributed by atoms with E-state index in [0.29, 0.717) is 17.5 Å². The van der Waals surface area contributed by atoms with Crippen LogP contribution in [0.3, 0.4) is 0 Å². The molecule has 1 unspecified atom stereocenters. The first kappa shape index (κ1) is 23.2. The van der Waals surface area contributed by atoms with Crippen LogP contribution in [0.4, 0.5) is 18.9 Å². The molecule has 0 spiro atoms. The number of nitrogens with zero attached hydrogens (tertiary/aromatic N) is 3. The van der Waals surface area contributed by atoms with Crippen molar-refractivity contribution in [2.45, 2.75) is 49.8 Å². The van der Waals surface area contributed by atoms with Gasteiger partial charge in [0.05, 0.1) is 28.6 Å². The summed E-state index contributed by atoms with van der Waals surface area (Å²) in [4.78, 5) is 12.6. The standard InChI is InChI=1S/C20H20ClF3N4O2S/c1-11(2)17-26-27-19(28(17)10-14-5-4-8-30-14)31-12(3)18(29)25-13-6-7-16(21)15(9-13)20(22,23)24/h4-9,11-12H,10H2,1-3H3,(H,25,29). The third-order valence-corrected chi connectivity index (χ3v) is 5.76. The number of hydrogen-bond donors (Lipinski definition) is 1. The Balaban J connectivity index is 1.76. The zero-order valence-corrected chi connectivity index (χ0v) is 18.5. The molecule has 0 radical (unpaired) electrons. The molecule has 11 heteroatoms. The molecular formula is C20H20ClF3N4O2S. The van der Waals surface area contributed by atoms with E-state index in [1.807, 2.05) is 24.5 Å². The number of amides is 1. The second kappa shape index (κ2) is 9.35. The zero-order valence-electron chi connectivity index (χ0n) is 16.9. The second-order valence-corrected chi connectivity index (χ2v) is 8.82. The predicted molar refractivity (Wildman–Crippen MR) is 112 cm³/mol. The minimum atomic E-state index is -4.62. The van der Waals surface area contributed by atoms with Crippen molar-refractivity contribution >= 4 is 35.0 Å². The smallest absolute Gasteiger partial charge is 0.417 e. The lowest BCUT2D eigenvalue weighted by Crippen LogP contribution is -2.23. The maximum atomic E-state index is 13.1. The van der Waals surface area contributed by atoms with Crippen LogP contribution in [0.5, 0.6) is 0 Å². The Labute approximate surface area is 186 Å². The Kier molecular flexibility index (Phi) is 7.00. The third-order valence-electron chi connectivity index (χ3n) is 4.35. The number of alkyl halides is 3. The van der Waals surface area contributed by atoms with Crippen molar-refractivity contribution in [3.8, 4) is 0 Å². The van der Waals surface area contributed by atoms with E-state index in [4.69, 9.17) is 16.0 Å². The number of furan rings is 1. The number of halogens is 4. The molecule has 1 amide bonds. The van der Waals surface area contributed by atoms with Gasteiger partial charge in [-0.3, -0.25) is 9.36 Å². The minimum Gasteiger partial charge on any atom is -0.467 e. The average Bonchev–Trinajstić information content (AvgIpc) is 3.33. The molecule has 0 aliphatic rings. The van der Waals surface area contributed by atoms with E-state index < -0.39 is 27.9 Å². The fourth-order valence-electron chi connectivity index (χ4n) is 2.80. The summed E-state index contributed by atoms with van der Waals surface area (Å²) in [5.41, 5.74) is -0.999. The molecule has 1 atom stereocenters. The van der Waals surface area contributed by atoms with Crippen molar-refractivity contribution in [2.24, 2.45) is 0 Å². The number of carbonyl (C=O) groups is 1. The molecule has 0 aliphatic heterocycles. The van der Waals surface area contributed by atoms with Crippen LogP contribution in [0.2, 0.25) is 5.02 Å². The molecular weight excluding hydrogens is 453 g/mol. The third kappa shape index (κ3) is 5.62. The number of nitrogens with one attached hydrogen (secondary N) is 1. The molecule has 166 valence electrons. The molecule has 2 heterocycles. The minimum absolute atomic E-state index is 0.00842. The summed E-state index contributed by atoms with van der Waals surface area (Å²) < 4.78 is 46.4. The van der Waals surface area contributed by atoms with E-state index in [1.54, 1.807) is 19.3 Å². The molecule has 0 fully saturated rings. The molecule has 0 aliphatic carbocycles. The van der Waals surface area contributed by atoms with Gasteiger partial charge in [-0.2, -0.15) is 13.2 Å². The molecule has 0 saturated carbocycles. The largest absolute Gasteiger partial charge is 0.467 e. The fourth-order valence-corrected chi connectivity index (χ4v) is 3.88. The summed E-state index contributed by atoms with van der Waals surface area (Å²) in [7, 11) is 0. The SMILES string of the molecule is CC(Sc1nnc(C(C)C)n1Cc1ccco1)C(=O)Nc1ccc(Cl)c(C(F)(F)F)c1. The highest BCUT2D eigenvalue weighted by atomic mass is 35.5. The van der Waals surface area contributed by atoms with E-state index in [9.17, 15) is 18.0 Å². The fraction of sp³-hybridized carbons (Fsp3) is 0.350. The van der Waals surface area contributed by atoms with Gasteiger partial charge in [0, 0.05) is 11.6 Å². The van der Waals surface area contributed by atoms with Crippen LogP contribution in [0.25, 0.3) is 0 Å². The van der Waals surface area contributed by atoms with Crippen molar-refractivity contribution in [3.63, 3.8) is 0 Å². The maximum absolute atomic E-state index is 13.1. The molecule has 3 rings (SSSR count). The number of benzene rings is 1. The first-order chi connectivity index (χ1) is 14.6. The zero-order chi connectivity index (χ0) is 22.8. The van der Waals surface area contributed by atoms with Crippen molar-refractivity contribution in [1.82, 2.24) is 14.8 Å². The van der Waals surface area contributed by atoms with Crippen LogP contribution in [-0.4, -0.2) is 25.9 Å². The predicted octanol–water partition coefficient (Wildman–Crippen LogP) is 5.83. The lowest BCUT2D eigenvalue weighted by molar-refractivity contribution is -0.137. The molecule has 0 saturated heterocycles. The Hall–Kier alpha value is -2.46. The Morgan fingerprint density at radius 1 is 1.26 bits per heavy atom. The summed E-state index contributed by atoms with van der Waals surface area (Å²) in [6.07, 6.45) is -3.05. The van der Waals surface area contributed by atoms with Gasteiger partial charge in [-0.15, -0.1) is 10.2 Å². The highest BCUT2D eigenvalue weighted by Gasteiger charge is 2.33. The molecule has 3 aromatic rings. The van der Waals surface area contributed by atoms with Crippen molar-refractivity contribution in [2.75, 3.05) is 5.32 Å². The Morgan fingerprint density at radius 2 is 2.00 bits per heavy atom. The van der Waals surface area contributed by atoms with Gasteiger partial charge in [0.25, 0.3) is 0 Å². The topological polar surface area (TPSA) is 73.0 Å². The van der Waals surface area contributed by atoms with E-state index in [2.05, 4.69) is 15.5 Å². The number of rotatable bonds is 7. The normalized spacial score (nSPS) is 12.9. The average molecular weight is 473 g/mol. The van der Waals surface area contributed by atoms with Gasteiger partial charge in [0.1, 0.15) is 11.6 Å². The van der Waals surface area contributed by atoms with Gasteiger partial charge in [-0.25, -0.2) is 0 Å². The van der Waals surface area contributed by atoms with E-state index in [1.165, 1.54) is 6.07 Å². The Morgan fingerprint density at radius 3 is 2.61 bits per heavy atom. The number of carbonyl (C=O) groups excluding carboxylic acids is 1. The maximum Gasteiger partial charge on any atom is 0.417 e. The molecule has 6 nitrogen and oxygen atoms in total. The first-order valence-corrected chi connectivity index (χ1v) is 10.6. The second-order valence-electron chi connectivity index (χ2n) is 7.10. The monoisotopic (exact) mass is 472 g/mol. The summed E-state index contributed by atoms with van der Waals surface area (Å²) in [5, 5.41) is 10.3. The van der Waals surface area contributed by atoms with Crippen LogP contribution >= 0.6 is 23.4 Å². The number of hydrogen-bond acceptors (Lipinski definition) is 5. The van der Waals surface area contributed by atoms with E-state index >= 15 is 0 Å². The van der Waals surface area contributed by atoms with Gasteiger partial charge >= 0.3 is 6.18 Å². The van der Waals surface area contributed by atoms with Crippen LogP contribution in [-0.2, 0) is 17.5 Å². The van der Waals surface area contributed by atoms with Crippen molar-refractivity contribution in [3.05, 3.63) is 58.8 Å². The van der Waals surface area contributed by atoms with Crippen LogP contribution in [0, 0.1) is 0 Å². The Bertz CT molecular complexity index is 1050. The molecule has 1 aromatic carbocycles. The number of anilines is 1. The summed E-state index contributed by atoms with van der Waals surface area (Å²) in [6.45, 7) is 6.00. The quantitative estimate of drug-likeness (QED) is 0.438. The molecule has 2 aromatic heterocycles. The van der Waals surface area contributed by atoms with Crippen molar-refractivity contribution < 1.29 is 22.4 Å². The number of aromatic nitrogens is 3. The molecule has 0 bridgehead atoms. The van der Waals surface area contributed by atoms with Gasteiger partial charge < -0.3 is 9.73 Å². The lowest BCUT2D eigenvalue weighted by atomic mass is 10.2. The summed E-state index contributed by atoms with van der Waals surface area (Å²) in [5.74, 6) is 1.07. The number of thioether (sulfide) groups is 1. The van der Waals surface area contributed by atoms with Crippen molar-refractivity contribution in [1.29, 1.82) is 0 Å². The highest BCUT2D eigenvalue weighted by Crippen LogP contribution is 2.36. The highest BCUT2D eigenvalue weighted by molar-refractivity contribution is 8.00. The van der Waals surface area contributed by atoms with Crippen LogP contribution in [0.15, 0.2) is 46.2 Å². The van der Waals surface area contributed by atoms with Gasteiger partial charge in [-0.05, 0) is 37.3 Å². The van der Waals surface area contributed by atoms with E-state index in [-0.39, 0.29) is 11.6 Å². The summed E-state index contributed by atoms with van der Waals surface area (Å²) >= 11 is 6.79. The van der Waals surface area contributed by atoms with Gasteiger partial charge in [-0.1, -0.05) is 37.2 Å². The molecule has 31 heavy (non-hydrogen) atoms.